The highest BCUT2D eigenvalue weighted by Gasteiger charge is 2.21. The minimum Gasteiger partial charge on any atom is -0.490 e. The van der Waals surface area contributed by atoms with Crippen molar-refractivity contribution >= 4 is 0 Å². The van der Waals surface area contributed by atoms with E-state index in [-0.39, 0.29) is 0 Å². The Morgan fingerprint density at radius 2 is 1.58 bits per heavy atom. The van der Waals surface area contributed by atoms with Crippen molar-refractivity contribution in [2.45, 2.75) is 58.6 Å². The van der Waals surface area contributed by atoms with Crippen molar-refractivity contribution in [2.24, 2.45) is 0 Å². The lowest BCUT2D eigenvalue weighted by Crippen LogP contribution is -2.41. The second-order valence-corrected chi connectivity index (χ2v) is 6.17. The number of benzene rings is 1. The van der Waals surface area contributed by atoms with Gasteiger partial charge in [-0.2, -0.15) is 0 Å². The fraction of sp³-hybridized carbons (Fsp3) is 0.647. The summed E-state index contributed by atoms with van der Waals surface area (Å²) < 4.78 is 6.09. The van der Waals surface area contributed by atoms with Crippen molar-refractivity contribution in [2.75, 3.05) is 13.1 Å². The van der Waals surface area contributed by atoms with Gasteiger partial charge in [-0.1, -0.05) is 26.0 Å². The fourth-order valence-electron chi connectivity index (χ4n) is 2.63. The number of ether oxygens (including phenoxy) is 1. The average Bonchev–Trinajstić information content (AvgIpc) is 2.40. The highest BCUT2D eigenvalue weighted by molar-refractivity contribution is 5.29. The second kappa shape index (κ2) is 6.42. The smallest absolute Gasteiger partial charge is 0.119 e. The summed E-state index contributed by atoms with van der Waals surface area (Å²) in [5, 5.41) is 0. The van der Waals surface area contributed by atoms with Crippen LogP contribution in [0, 0.1) is 0 Å². The van der Waals surface area contributed by atoms with E-state index in [2.05, 4.69) is 56.9 Å². The van der Waals surface area contributed by atoms with Crippen molar-refractivity contribution in [3.05, 3.63) is 29.8 Å². The molecule has 0 unspecified atom stereocenters. The van der Waals surface area contributed by atoms with E-state index in [1.54, 1.807) is 0 Å². The van der Waals surface area contributed by atoms with Crippen LogP contribution in [-0.2, 0) is 0 Å². The summed E-state index contributed by atoms with van der Waals surface area (Å²) in [7, 11) is 0. The number of hydrogen-bond acceptors (Lipinski definition) is 2. The Labute approximate surface area is 117 Å². The molecule has 1 aliphatic heterocycles. The molecule has 1 aromatic carbocycles. The molecule has 0 amide bonds. The predicted octanol–water partition coefficient (Wildman–Crippen LogP) is 4.06. The molecule has 1 fully saturated rings. The molecule has 1 saturated heterocycles. The van der Waals surface area contributed by atoms with Gasteiger partial charge < -0.3 is 9.64 Å². The van der Waals surface area contributed by atoms with Gasteiger partial charge in [-0.25, -0.2) is 0 Å². The Morgan fingerprint density at radius 1 is 1.00 bits per heavy atom. The van der Waals surface area contributed by atoms with Crippen molar-refractivity contribution in [3.63, 3.8) is 0 Å². The molecule has 0 atom stereocenters. The number of piperidine rings is 1. The number of rotatable bonds is 4. The van der Waals surface area contributed by atoms with Crippen molar-refractivity contribution in [1.82, 2.24) is 4.90 Å². The van der Waals surface area contributed by atoms with Gasteiger partial charge in [0.1, 0.15) is 11.9 Å². The van der Waals surface area contributed by atoms with E-state index < -0.39 is 0 Å². The zero-order valence-electron chi connectivity index (χ0n) is 12.7. The van der Waals surface area contributed by atoms with Crippen LogP contribution in [-0.4, -0.2) is 30.1 Å². The van der Waals surface area contributed by atoms with Gasteiger partial charge in [0.05, 0.1) is 0 Å². The van der Waals surface area contributed by atoms with E-state index in [0.29, 0.717) is 18.1 Å². The summed E-state index contributed by atoms with van der Waals surface area (Å²) in [5.74, 6) is 1.61. The quantitative estimate of drug-likeness (QED) is 0.810. The molecule has 2 rings (SSSR count). The standard InChI is InChI=1S/C17H27NO/c1-13(2)15-5-7-16(8-6-15)19-17-9-11-18(12-10-17)14(3)4/h5-8,13-14,17H,9-12H2,1-4H3. The molecule has 1 aromatic rings. The molecule has 1 heterocycles. The molecule has 1 aliphatic rings. The third-order valence-electron chi connectivity index (χ3n) is 4.06. The Bertz CT molecular complexity index is 375. The lowest BCUT2D eigenvalue weighted by atomic mass is 10.0. The van der Waals surface area contributed by atoms with E-state index in [9.17, 15) is 0 Å². The first-order chi connectivity index (χ1) is 9.06. The van der Waals surface area contributed by atoms with Crippen LogP contribution in [0.1, 0.15) is 52.0 Å². The summed E-state index contributed by atoms with van der Waals surface area (Å²) in [5.41, 5.74) is 1.38. The number of hydrogen-bond donors (Lipinski definition) is 0. The molecule has 0 spiro atoms. The molecule has 2 heteroatoms. The normalized spacial score (nSPS) is 18.2. The van der Waals surface area contributed by atoms with Gasteiger partial charge >= 0.3 is 0 Å². The minimum absolute atomic E-state index is 0.389. The molecular formula is C17H27NO. The third-order valence-corrected chi connectivity index (χ3v) is 4.06. The molecule has 0 aliphatic carbocycles. The molecule has 106 valence electrons. The van der Waals surface area contributed by atoms with Gasteiger partial charge in [0, 0.05) is 19.1 Å². The van der Waals surface area contributed by atoms with Gasteiger partial charge in [0.2, 0.25) is 0 Å². The summed E-state index contributed by atoms with van der Waals surface area (Å²) in [6.07, 6.45) is 2.67. The molecule has 19 heavy (non-hydrogen) atoms. The number of nitrogens with zero attached hydrogens (tertiary/aromatic N) is 1. The summed E-state index contributed by atoms with van der Waals surface area (Å²) >= 11 is 0. The SMILES string of the molecule is CC(C)c1ccc(OC2CCN(C(C)C)CC2)cc1. The van der Waals surface area contributed by atoms with Gasteiger partial charge in [0.15, 0.2) is 0 Å². The van der Waals surface area contributed by atoms with Crippen LogP contribution in [0.15, 0.2) is 24.3 Å². The van der Waals surface area contributed by atoms with E-state index in [1.807, 2.05) is 0 Å². The monoisotopic (exact) mass is 261 g/mol. The van der Waals surface area contributed by atoms with Crippen LogP contribution in [0.5, 0.6) is 5.75 Å². The van der Waals surface area contributed by atoms with Crippen LogP contribution in [0.25, 0.3) is 0 Å². The third kappa shape index (κ3) is 3.97. The molecule has 0 N–H and O–H groups in total. The second-order valence-electron chi connectivity index (χ2n) is 6.17. The van der Waals surface area contributed by atoms with E-state index in [1.165, 1.54) is 5.56 Å². The van der Waals surface area contributed by atoms with Crippen LogP contribution in [0.3, 0.4) is 0 Å². The van der Waals surface area contributed by atoms with Crippen molar-refractivity contribution < 1.29 is 4.74 Å². The first kappa shape index (κ1) is 14.4. The Hall–Kier alpha value is -1.02. The Kier molecular flexibility index (Phi) is 4.87. The average molecular weight is 261 g/mol. The Balaban J connectivity index is 1.85. The van der Waals surface area contributed by atoms with Gasteiger partial charge in [-0.3, -0.25) is 0 Å². The van der Waals surface area contributed by atoms with Crippen molar-refractivity contribution in [3.8, 4) is 5.75 Å². The first-order valence-electron chi connectivity index (χ1n) is 7.57. The lowest BCUT2D eigenvalue weighted by Gasteiger charge is -2.34. The highest BCUT2D eigenvalue weighted by atomic mass is 16.5. The van der Waals surface area contributed by atoms with E-state index in [0.717, 1.165) is 31.7 Å². The van der Waals surface area contributed by atoms with E-state index >= 15 is 0 Å². The summed E-state index contributed by atoms with van der Waals surface area (Å²) in [6, 6.07) is 9.26. The predicted molar refractivity (Wildman–Crippen MR) is 80.9 cm³/mol. The van der Waals surface area contributed by atoms with Crippen LogP contribution < -0.4 is 4.74 Å². The maximum absolute atomic E-state index is 6.09. The molecule has 0 aromatic heterocycles. The van der Waals surface area contributed by atoms with Gasteiger partial charge in [0.25, 0.3) is 0 Å². The zero-order valence-corrected chi connectivity index (χ0v) is 12.7. The summed E-state index contributed by atoms with van der Waals surface area (Å²) in [6.45, 7) is 11.3. The molecule has 2 nitrogen and oxygen atoms in total. The fourth-order valence-corrected chi connectivity index (χ4v) is 2.63. The largest absolute Gasteiger partial charge is 0.490 e. The van der Waals surface area contributed by atoms with Gasteiger partial charge in [-0.05, 0) is 50.3 Å². The molecule has 0 radical (unpaired) electrons. The maximum Gasteiger partial charge on any atom is 0.119 e. The molecule has 0 bridgehead atoms. The topological polar surface area (TPSA) is 12.5 Å². The summed E-state index contributed by atoms with van der Waals surface area (Å²) in [4.78, 5) is 2.53. The Morgan fingerprint density at radius 3 is 2.05 bits per heavy atom. The van der Waals surface area contributed by atoms with Crippen LogP contribution in [0.2, 0.25) is 0 Å². The van der Waals surface area contributed by atoms with Crippen LogP contribution >= 0.6 is 0 Å². The lowest BCUT2D eigenvalue weighted by molar-refractivity contribution is 0.0843. The molecule has 0 saturated carbocycles. The highest BCUT2D eigenvalue weighted by Crippen LogP contribution is 2.22. The number of likely N-dealkylation sites (tertiary alicyclic amines) is 1. The van der Waals surface area contributed by atoms with Crippen LogP contribution in [0.4, 0.5) is 0 Å². The zero-order chi connectivity index (χ0) is 13.8. The molecular weight excluding hydrogens is 234 g/mol. The van der Waals surface area contributed by atoms with E-state index in [4.69, 9.17) is 4.74 Å². The van der Waals surface area contributed by atoms with Gasteiger partial charge in [-0.15, -0.1) is 0 Å². The first-order valence-corrected chi connectivity index (χ1v) is 7.57. The van der Waals surface area contributed by atoms with Crippen molar-refractivity contribution in [1.29, 1.82) is 0 Å². The minimum atomic E-state index is 0.389. The maximum atomic E-state index is 6.09.